The molecule has 1 saturated heterocycles. The summed E-state index contributed by atoms with van der Waals surface area (Å²) < 4.78 is 14.3. The molecule has 1 N–H and O–H groups in total. The van der Waals surface area contributed by atoms with Gasteiger partial charge < -0.3 is 10.0 Å². The monoisotopic (exact) mass is 364 g/mol. The van der Waals surface area contributed by atoms with Gasteiger partial charge in [0.2, 0.25) is 5.91 Å². The number of carboxylic acid groups (broad SMARTS) is 1. The first-order chi connectivity index (χ1) is 12.0. The first kappa shape index (κ1) is 20.2. The normalized spacial score (nSPS) is 21.2. The highest BCUT2D eigenvalue weighted by molar-refractivity contribution is 5.86. The van der Waals surface area contributed by atoms with E-state index >= 15 is 0 Å². The maximum Gasteiger partial charge on any atom is 0.408 e. The van der Waals surface area contributed by atoms with Crippen molar-refractivity contribution in [1.29, 1.82) is 0 Å². The number of carbonyl (C=O) groups is 2. The number of hydrogen-bond acceptors (Lipinski definition) is 2. The number of halogens is 1. The first-order valence-electron chi connectivity index (χ1n) is 9.07. The molecule has 1 aromatic carbocycles. The fourth-order valence-electron chi connectivity index (χ4n) is 3.75. The third-order valence-corrected chi connectivity index (χ3v) is 4.72. The molecule has 1 aromatic rings. The van der Waals surface area contributed by atoms with Gasteiger partial charge in [0.25, 0.3) is 0 Å². The minimum Gasteiger partial charge on any atom is -0.465 e. The number of carbonyl (C=O) groups excluding carboxylic acids is 1. The van der Waals surface area contributed by atoms with Gasteiger partial charge in [0.1, 0.15) is 11.9 Å². The lowest BCUT2D eigenvalue weighted by Gasteiger charge is -2.46. The van der Waals surface area contributed by atoms with Crippen LogP contribution in [0.1, 0.15) is 52.5 Å². The van der Waals surface area contributed by atoms with Gasteiger partial charge in [0, 0.05) is 24.5 Å². The van der Waals surface area contributed by atoms with Gasteiger partial charge >= 0.3 is 6.09 Å². The third kappa shape index (κ3) is 4.34. The Labute approximate surface area is 154 Å². The van der Waals surface area contributed by atoms with Crippen molar-refractivity contribution >= 4 is 12.0 Å². The molecule has 5 nitrogen and oxygen atoms in total. The second-order valence-electron chi connectivity index (χ2n) is 8.43. The molecule has 0 aliphatic carbocycles. The Balaban J connectivity index is 2.44. The number of nitrogens with zero attached hydrogens (tertiary/aromatic N) is 2. The van der Waals surface area contributed by atoms with Crippen LogP contribution in [0.25, 0.3) is 0 Å². The molecular weight excluding hydrogens is 335 g/mol. The van der Waals surface area contributed by atoms with Crippen LogP contribution in [0.15, 0.2) is 24.3 Å². The second kappa shape index (κ2) is 7.64. The maximum absolute atomic E-state index is 14.3. The Bertz CT molecular complexity index is 669. The van der Waals surface area contributed by atoms with Gasteiger partial charge in [-0.25, -0.2) is 9.18 Å². The highest BCUT2D eigenvalue weighted by Gasteiger charge is 2.44. The van der Waals surface area contributed by atoms with Crippen LogP contribution in [0.2, 0.25) is 0 Å². The summed E-state index contributed by atoms with van der Waals surface area (Å²) in [7, 11) is 0. The van der Waals surface area contributed by atoms with Crippen LogP contribution < -0.4 is 0 Å². The van der Waals surface area contributed by atoms with E-state index in [1.807, 2.05) is 13.8 Å². The van der Waals surface area contributed by atoms with Gasteiger partial charge in [-0.15, -0.1) is 0 Å². The van der Waals surface area contributed by atoms with Gasteiger partial charge in [0.15, 0.2) is 0 Å². The molecule has 2 rings (SSSR count). The number of benzene rings is 1. The molecule has 2 atom stereocenters. The predicted molar refractivity (Wildman–Crippen MR) is 98.6 cm³/mol. The molecular formula is C20H29FN2O3. The quantitative estimate of drug-likeness (QED) is 0.880. The largest absolute Gasteiger partial charge is 0.465 e. The van der Waals surface area contributed by atoms with Crippen molar-refractivity contribution in [3.63, 3.8) is 0 Å². The highest BCUT2D eigenvalue weighted by atomic mass is 19.1. The number of rotatable bonds is 4. The molecule has 0 saturated carbocycles. The summed E-state index contributed by atoms with van der Waals surface area (Å²) in [5.41, 5.74) is -0.190. The summed E-state index contributed by atoms with van der Waals surface area (Å²) in [5.74, 6) is -0.495. The smallest absolute Gasteiger partial charge is 0.408 e. The molecule has 1 aliphatic heterocycles. The minimum absolute atomic E-state index is 0.191. The van der Waals surface area contributed by atoms with Crippen LogP contribution in [0.4, 0.5) is 9.18 Å². The lowest BCUT2D eigenvalue weighted by atomic mass is 9.85. The summed E-state index contributed by atoms with van der Waals surface area (Å²) in [6.45, 7) is 10.3. The van der Waals surface area contributed by atoms with E-state index < -0.39 is 17.7 Å². The third-order valence-electron chi connectivity index (χ3n) is 4.72. The molecule has 0 bridgehead atoms. The van der Waals surface area contributed by atoms with E-state index in [1.165, 1.54) is 11.0 Å². The topological polar surface area (TPSA) is 60.9 Å². The molecule has 1 heterocycles. The van der Waals surface area contributed by atoms with E-state index in [-0.39, 0.29) is 30.0 Å². The summed E-state index contributed by atoms with van der Waals surface area (Å²) in [6, 6.07) is 5.73. The molecule has 0 aromatic heterocycles. The molecule has 0 spiro atoms. The van der Waals surface area contributed by atoms with Gasteiger partial charge in [-0.1, -0.05) is 32.0 Å². The van der Waals surface area contributed by atoms with Crippen LogP contribution in [-0.2, 0) is 4.79 Å². The van der Waals surface area contributed by atoms with Crippen molar-refractivity contribution in [1.82, 2.24) is 9.80 Å². The summed E-state index contributed by atoms with van der Waals surface area (Å²) in [5, 5.41) is 9.74. The molecule has 0 radical (unpaired) electrons. The van der Waals surface area contributed by atoms with Crippen molar-refractivity contribution < 1.29 is 19.1 Å². The number of piperidine rings is 1. The van der Waals surface area contributed by atoms with Crippen molar-refractivity contribution in [3.8, 4) is 0 Å². The number of amides is 2. The average molecular weight is 364 g/mol. The maximum atomic E-state index is 14.3. The highest BCUT2D eigenvalue weighted by Crippen LogP contribution is 2.34. The fraction of sp³-hybridized carbons (Fsp3) is 0.600. The Morgan fingerprint density at radius 1 is 1.35 bits per heavy atom. The Morgan fingerprint density at radius 3 is 2.46 bits per heavy atom. The summed E-state index contributed by atoms with van der Waals surface area (Å²) in [4.78, 5) is 27.9. The SMILES string of the molecule is CC(C)CN1C[C@H](c2ccccc2F)C[C@H](N(C(=O)O)C(C)(C)C)C1=O. The molecule has 2 amide bonds. The zero-order valence-electron chi connectivity index (χ0n) is 16.2. The van der Waals surface area contributed by atoms with Crippen LogP contribution in [0, 0.1) is 11.7 Å². The lowest BCUT2D eigenvalue weighted by molar-refractivity contribution is -0.142. The van der Waals surface area contributed by atoms with Crippen molar-refractivity contribution in [2.24, 2.45) is 5.92 Å². The Hall–Kier alpha value is -2.11. The van der Waals surface area contributed by atoms with Crippen molar-refractivity contribution in [2.45, 2.75) is 58.5 Å². The van der Waals surface area contributed by atoms with E-state index in [0.29, 0.717) is 18.7 Å². The van der Waals surface area contributed by atoms with Crippen molar-refractivity contribution in [2.75, 3.05) is 13.1 Å². The first-order valence-corrected chi connectivity index (χ1v) is 9.07. The van der Waals surface area contributed by atoms with Crippen LogP contribution >= 0.6 is 0 Å². The van der Waals surface area contributed by atoms with E-state index in [2.05, 4.69) is 0 Å². The second-order valence-corrected chi connectivity index (χ2v) is 8.43. The van der Waals surface area contributed by atoms with E-state index in [4.69, 9.17) is 0 Å². The average Bonchev–Trinajstić information content (AvgIpc) is 2.49. The van der Waals surface area contributed by atoms with Gasteiger partial charge in [-0.05, 0) is 44.7 Å². The minimum atomic E-state index is -1.13. The van der Waals surface area contributed by atoms with Crippen LogP contribution in [-0.4, -0.2) is 51.6 Å². The fourth-order valence-corrected chi connectivity index (χ4v) is 3.75. The van der Waals surface area contributed by atoms with Crippen molar-refractivity contribution in [3.05, 3.63) is 35.6 Å². The van der Waals surface area contributed by atoms with E-state index in [9.17, 15) is 19.1 Å². The van der Waals surface area contributed by atoms with Gasteiger partial charge in [-0.2, -0.15) is 0 Å². The molecule has 1 aliphatic rings. The predicted octanol–water partition coefficient (Wildman–Crippen LogP) is 3.94. The Morgan fingerprint density at radius 2 is 1.96 bits per heavy atom. The zero-order chi connectivity index (χ0) is 19.6. The zero-order valence-corrected chi connectivity index (χ0v) is 16.2. The van der Waals surface area contributed by atoms with Gasteiger partial charge in [-0.3, -0.25) is 9.69 Å². The van der Waals surface area contributed by atoms with Crippen LogP contribution in [0.5, 0.6) is 0 Å². The van der Waals surface area contributed by atoms with E-state index in [0.717, 1.165) is 0 Å². The van der Waals surface area contributed by atoms with Crippen LogP contribution in [0.3, 0.4) is 0 Å². The summed E-state index contributed by atoms with van der Waals surface area (Å²) >= 11 is 0. The lowest BCUT2D eigenvalue weighted by Crippen LogP contribution is -2.61. The molecule has 0 unspecified atom stereocenters. The van der Waals surface area contributed by atoms with E-state index in [1.54, 1.807) is 43.9 Å². The number of likely N-dealkylation sites (tertiary alicyclic amines) is 1. The molecule has 26 heavy (non-hydrogen) atoms. The molecule has 6 heteroatoms. The molecule has 144 valence electrons. The molecule has 1 fully saturated rings. The van der Waals surface area contributed by atoms with Gasteiger partial charge in [0.05, 0.1) is 0 Å². The number of hydrogen-bond donors (Lipinski definition) is 1. The Kier molecular flexibility index (Phi) is 5.94. The summed E-state index contributed by atoms with van der Waals surface area (Å²) in [6.07, 6.45) is -0.840. The standard InChI is InChI=1S/C20H29FN2O3/c1-13(2)11-22-12-14(15-8-6-7-9-16(15)21)10-17(18(22)24)23(19(25)26)20(3,4)5/h6-9,13-14,17H,10-12H2,1-5H3,(H,25,26)/t14-,17+/m1/s1.